The fraction of sp³-hybridized carbons (Fsp3) is 0.208. The summed E-state index contributed by atoms with van der Waals surface area (Å²) in [6.07, 6.45) is 0.767. The van der Waals surface area contributed by atoms with Crippen LogP contribution in [0, 0.1) is 13.8 Å². The highest BCUT2D eigenvalue weighted by Gasteiger charge is 2.16. The Labute approximate surface area is 178 Å². The van der Waals surface area contributed by atoms with Gasteiger partial charge in [0.1, 0.15) is 0 Å². The van der Waals surface area contributed by atoms with Crippen LogP contribution in [0.1, 0.15) is 46.4 Å². The predicted molar refractivity (Wildman–Crippen MR) is 120 cm³/mol. The van der Waals surface area contributed by atoms with Gasteiger partial charge in [-0.25, -0.2) is 8.42 Å². The number of carbonyl (C=O) groups excluding carboxylic acids is 1. The zero-order valence-corrected chi connectivity index (χ0v) is 18.2. The SMILES string of the molecule is CC[C@H](NC(=O)c1ccc(NS(=O)(=O)c2ccc(C)cc2)cc1)c1ccc(C)cc1. The molecule has 156 valence electrons. The van der Waals surface area contributed by atoms with Crippen molar-refractivity contribution in [3.05, 3.63) is 95.1 Å². The van der Waals surface area contributed by atoms with Gasteiger partial charge in [-0.05, 0) is 62.2 Å². The topological polar surface area (TPSA) is 75.3 Å². The largest absolute Gasteiger partial charge is 0.345 e. The number of aryl methyl sites for hydroxylation is 2. The van der Waals surface area contributed by atoms with Crippen LogP contribution in [0.3, 0.4) is 0 Å². The van der Waals surface area contributed by atoms with Crippen molar-refractivity contribution in [3.63, 3.8) is 0 Å². The molecule has 30 heavy (non-hydrogen) atoms. The van der Waals surface area contributed by atoms with Crippen LogP contribution in [0.15, 0.2) is 77.7 Å². The molecule has 3 aromatic rings. The van der Waals surface area contributed by atoms with Crippen LogP contribution < -0.4 is 10.0 Å². The molecule has 2 N–H and O–H groups in total. The lowest BCUT2D eigenvalue weighted by Gasteiger charge is -2.18. The van der Waals surface area contributed by atoms with Gasteiger partial charge in [-0.3, -0.25) is 9.52 Å². The molecule has 0 aliphatic carbocycles. The van der Waals surface area contributed by atoms with Crippen molar-refractivity contribution in [2.75, 3.05) is 4.72 Å². The van der Waals surface area contributed by atoms with Crippen LogP contribution >= 0.6 is 0 Å². The summed E-state index contributed by atoms with van der Waals surface area (Å²) in [4.78, 5) is 12.8. The molecule has 1 amide bonds. The minimum atomic E-state index is -3.68. The molecule has 1 atom stereocenters. The smallest absolute Gasteiger partial charge is 0.261 e. The number of rotatable bonds is 7. The van der Waals surface area contributed by atoms with Crippen LogP contribution in [0.5, 0.6) is 0 Å². The number of nitrogens with one attached hydrogen (secondary N) is 2. The molecule has 0 aromatic heterocycles. The van der Waals surface area contributed by atoms with E-state index < -0.39 is 10.0 Å². The molecular weight excluding hydrogens is 396 g/mol. The van der Waals surface area contributed by atoms with Crippen LogP contribution in [0.4, 0.5) is 5.69 Å². The fourth-order valence-electron chi connectivity index (χ4n) is 3.08. The van der Waals surface area contributed by atoms with E-state index in [1.807, 2.05) is 45.0 Å². The third-order valence-corrected chi connectivity index (χ3v) is 6.32. The maximum atomic E-state index is 12.7. The summed E-state index contributed by atoms with van der Waals surface area (Å²) in [5.41, 5.74) is 4.08. The molecule has 6 heteroatoms. The van der Waals surface area contributed by atoms with Crippen LogP contribution in [-0.4, -0.2) is 14.3 Å². The molecule has 0 heterocycles. The molecule has 0 saturated carbocycles. The highest BCUT2D eigenvalue weighted by Crippen LogP contribution is 2.20. The molecule has 0 saturated heterocycles. The molecule has 0 aliphatic heterocycles. The number of sulfonamides is 1. The third-order valence-electron chi connectivity index (χ3n) is 4.92. The zero-order chi connectivity index (χ0) is 21.7. The lowest BCUT2D eigenvalue weighted by Crippen LogP contribution is -2.28. The van der Waals surface area contributed by atoms with Gasteiger partial charge in [0.25, 0.3) is 15.9 Å². The first-order valence-electron chi connectivity index (χ1n) is 9.85. The van der Waals surface area contributed by atoms with Gasteiger partial charge >= 0.3 is 0 Å². The van der Waals surface area contributed by atoms with Gasteiger partial charge < -0.3 is 5.32 Å². The summed E-state index contributed by atoms with van der Waals surface area (Å²) in [6.45, 7) is 5.95. The summed E-state index contributed by atoms with van der Waals surface area (Å²) < 4.78 is 27.6. The van der Waals surface area contributed by atoms with Crippen molar-refractivity contribution in [2.24, 2.45) is 0 Å². The van der Waals surface area contributed by atoms with E-state index in [1.165, 1.54) is 5.56 Å². The second kappa shape index (κ2) is 9.13. The molecule has 0 radical (unpaired) electrons. The van der Waals surface area contributed by atoms with Crippen LogP contribution in [0.25, 0.3) is 0 Å². The van der Waals surface area contributed by atoms with E-state index in [9.17, 15) is 13.2 Å². The Morgan fingerprint density at radius 3 is 1.90 bits per heavy atom. The van der Waals surface area contributed by atoms with Gasteiger partial charge in [0.2, 0.25) is 0 Å². The monoisotopic (exact) mass is 422 g/mol. The number of hydrogen-bond acceptors (Lipinski definition) is 3. The summed E-state index contributed by atoms with van der Waals surface area (Å²) in [7, 11) is -3.68. The Morgan fingerprint density at radius 2 is 1.37 bits per heavy atom. The lowest BCUT2D eigenvalue weighted by atomic mass is 10.0. The van der Waals surface area contributed by atoms with Gasteiger partial charge in [-0.15, -0.1) is 0 Å². The van der Waals surface area contributed by atoms with Crippen molar-refractivity contribution >= 4 is 21.6 Å². The minimum absolute atomic E-state index is 0.0854. The van der Waals surface area contributed by atoms with E-state index in [2.05, 4.69) is 10.0 Å². The molecule has 0 unspecified atom stereocenters. The molecular formula is C24H26N2O3S. The van der Waals surface area contributed by atoms with Crippen LogP contribution in [0.2, 0.25) is 0 Å². The van der Waals surface area contributed by atoms with Gasteiger partial charge in [-0.1, -0.05) is 54.4 Å². The normalized spacial score (nSPS) is 12.2. The third kappa shape index (κ3) is 5.27. The Morgan fingerprint density at radius 1 is 0.833 bits per heavy atom. The van der Waals surface area contributed by atoms with Crippen molar-refractivity contribution in [2.45, 2.75) is 38.1 Å². The Bertz CT molecular complexity index is 1100. The highest BCUT2D eigenvalue weighted by atomic mass is 32.2. The molecule has 5 nitrogen and oxygen atoms in total. The molecule has 3 rings (SSSR count). The van der Waals surface area contributed by atoms with Gasteiger partial charge in [-0.2, -0.15) is 0 Å². The zero-order valence-electron chi connectivity index (χ0n) is 17.3. The second-order valence-corrected chi connectivity index (χ2v) is 9.02. The second-order valence-electron chi connectivity index (χ2n) is 7.34. The maximum absolute atomic E-state index is 12.7. The van der Waals surface area contributed by atoms with Crippen molar-refractivity contribution < 1.29 is 13.2 Å². The quantitative estimate of drug-likeness (QED) is 0.563. The fourth-order valence-corrected chi connectivity index (χ4v) is 4.14. The van der Waals surface area contributed by atoms with E-state index in [-0.39, 0.29) is 16.8 Å². The molecule has 0 spiro atoms. The van der Waals surface area contributed by atoms with Gasteiger partial charge in [0.05, 0.1) is 10.9 Å². The predicted octanol–water partition coefficient (Wildman–Crippen LogP) is 4.99. The van der Waals surface area contributed by atoms with Crippen LogP contribution in [-0.2, 0) is 10.0 Å². The Kier molecular flexibility index (Phi) is 6.57. The summed E-state index contributed by atoms with van der Waals surface area (Å²) in [5.74, 6) is -0.199. The van der Waals surface area contributed by atoms with E-state index in [4.69, 9.17) is 0 Å². The number of anilines is 1. The van der Waals surface area contributed by atoms with Crippen molar-refractivity contribution in [1.29, 1.82) is 0 Å². The standard InChI is InChI=1S/C24H26N2O3S/c1-4-23(19-9-5-17(2)6-10-19)25-24(27)20-11-13-21(14-12-20)26-30(28,29)22-15-7-18(3)8-16-22/h5-16,23,26H,4H2,1-3H3,(H,25,27)/t23-/m0/s1. The first-order chi connectivity index (χ1) is 14.3. The number of benzene rings is 3. The average Bonchev–Trinajstić information content (AvgIpc) is 2.73. The maximum Gasteiger partial charge on any atom is 0.261 e. The summed E-state index contributed by atoms with van der Waals surface area (Å²) >= 11 is 0. The first-order valence-corrected chi connectivity index (χ1v) is 11.3. The van der Waals surface area contributed by atoms with E-state index in [0.717, 1.165) is 17.5 Å². The minimum Gasteiger partial charge on any atom is -0.345 e. The average molecular weight is 423 g/mol. The van der Waals surface area contributed by atoms with E-state index in [0.29, 0.717) is 11.3 Å². The van der Waals surface area contributed by atoms with E-state index >= 15 is 0 Å². The lowest BCUT2D eigenvalue weighted by molar-refractivity contribution is 0.0935. The molecule has 3 aromatic carbocycles. The van der Waals surface area contributed by atoms with E-state index in [1.54, 1.807) is 48.5 Å². The van der Waals surface area contributed by atoms with Crippen molar-refractivity contribution in [1.82, 2.24) is 5.32 Å². The number of carbonyl (C=O) groups is 1. The number of hydrogen-bond donors (Lipinski definition) is 2. The molecule has 0 bridgehead atoms. The summed E-state index contributed by atoms with van der Waals surface area (Å²) in [5, 5.41) is 3.04. The molecule has 0 aliphatic rings. The number of amides is 1. The van der Waals surface area contributed by atoms with Gasteiger partial charge in [0.15, 0.2) is 0 Å². The first kappa shape index (κ1) is 21.6. The Hall–Kier alpha value is -3.12. The summed E-state index contributed by atoms with van der Waals surface area (Å²) in [6, 6.07) is 21.1. The molecule has 0 fully saturated rings. The van der Waals surface area contributed by atoms with Crippen molar-refractivity contribution in [3.8, 4) is 0 Å². The van der Waals surface area contributed by atoms with Gasteiger partial charge in [0, 0.05) is 11.3 Å². The Balaban J connectivity index is 1.69. The highest BCUT2D eigenvalue weighted by molar-refractivity contribution is 7.92.